The van der Waals surface area contributed by atoms with Crippen molar-refractivity contribution < 1.29 is 4.74 Å². The number of nitrogens with two attached hydrogens (primary N) is 1. The number of aromatic nitrogens is 1. The Labute approximate surface area is 82.5 Å². The third kappa shape index (κ3) is 1.85. The summed E-state index contributed by atoms with van der Waals surface area (Å²) >= 11 is 1.36. The predicted octanol–water partition coefficient (Wildman–Crippen LogP) is 1.58. The molecule has 1 aromatic heterocycles. The molecule has 5 heteroatoms. The van der Waals surface area contributed by atoms with E-state index in [2.05, 4.69) is 23.1 Å². The lowest BCUT2D eigenvalue weighted by Gasteiger charge is -2.21. The second-order valence-corrected chi connectivity index (χ2v) is 3.86. The molecule has 2 N–H and O–H groups in total. The Morgan fingerprint density at radius 1 is 1.54 bits per heavy atom. The van der Waals surface area contributed by atoms with Gasteiger partial charge in [0.2, 0.25) is 0 Å². The highest BCUT2D eigenvalue weighted by molar-refractivity contribution is 7.11. The Kier molecular flexibility index (Phi) is 2.98. The van der Waals surface area contributed by atoms with E-state index in [-0.39, 0.29) is 0 Å². The van der Waals surface area contributed by atoms with Crippen LogP contribution in [0.25, 0.3) is 0 Å². The van der Waals surface area contributed by atoms with Gasteiger partial charge in [-0.2, -0.15) is 4.37 Å². The van der Waals surface area contributed by atoms with E-state index in [0.29, 0.717) is 17.6 Å². The van der Waals surface area contributed by atoms with Crippen LogP contribution in [-0.2, 0) is 0 Å². The molecule has 0 unspecified atom stereocenters. The molecule has 0 aliphatic heterocycles. The number of anilines is 2. The third-order valence-corrected chi connectivity index (χ3v) is 2.89. The van der Waals surface area contributed by atoms with E-state index < -0.39 is 0 Å². The van der Waals surface area contributed by atoms with Crippen LogP contribution >= 0.6 is 11.5 Å². The molecule has 0 bridgehead atoms. The summed E-state index contributed by atoms with van der Waals surface area (Å²) < 4.78 is 9.21. The SMILES string of the molecule is COc1c(N)nsc1N(C)C(C)C. The van der Waals surface area contributed by atoms with Crippen molar-refractivity contribution in [2.45, 2.75) is 19.9 Å². The first-order valence-corrected chi connectivity index (χ1v) is 4.87. The van der Waals surface area contributed by atoms with Gasteiger partial charge < -0.3 is 15.4 Å². The van der Waals surface area contributed by atoms with E-state index >= 15 is 0 Å². The first-order valence-electron chi connectivity index (χ1n) is 4.10. The first-order chi connectivity index (χ1) is 6.07. The average molecular weight is 201 g/mol. The predicted molar refractivity (Wildman–Crippen MR) is 56.6 cm³/mol. The maximum atomic E-state index is 5.64. The van der Waals surface area contributed by atoms with Crippen LogP contribution < -0.4 is 15.4 Å². The van der Waals surface area contributed by atoms with Gasteiger partial charge in [-0.15, -0.1) is 0 Å². The van der Waals surface area contributed by atoms with E-state index in [0.717, 1.165) is 5.00 Å². The molecule has 0 saturated heterocycles. The van der Waals surface area contributed by atoms with Gasteiger partial charge in [-0.25, -0.2) is 0 Å². The van der Waals surface area contributed by atoms with Crippen LogP contribution in [0.3, 0.4) is 0 Å². The quantitative estimate of drug-likeness (QED) is 0.806. The number of methoxy groups -OCH3 is 1. The van der Waals surface area contributed by atoms with E-state index in [9.17, 15) is 0 Å². The minimum absolute atomic E-state index is 0.411. The van der Waals surface area contributed by atoms with Crippen molar-refractivity contribution in [3.63, 3.8) is 0 Å². The van der Waals surface area contributed by atoms with Crippen molar-refractivity contribution in [1.82, 2.24) is 4.37 Å². The molecule has 0 atom stereocenters. The van der Waals surface area contributed by atoms with Gasteiger partial charge in [-0.1, -0.05) is 0 Å². The summed E-state index contributed by atoms with van der Waals surface area (Å²) in [6, 6.07) is 0.411. The number of hydrogen-bond acceptors (Lipinski definition) is 5. The van der Waals surface area contributed by atoms with Gasteiger partial charge in [0.15, 0.2) is 16.6 Å². The lowest BCUT2D eigenvalue weighted by atomic mass is 10.3. The molecule has 4 nitrogen and oxygen atoms in total. The van der Waals surface area contributed by atoms with Crippen LogP contribution in [0.15, 0.2) is 0 Å². The maximum Gasteiger partial charge on any atom is 0.197 e. The zero-order valence-electron chi connectivity index (χ0n) is 8.37. The van der Waals surface area contributed by atoms with Crippen molar-refractivity contribution in [2.75, 3.05) is 24.8 Å². The number of rotatable bonds is 3. The summed E-state index contributed by atoms with van der Waals surface area (Å²) in [5, 5.41) is 0.981. The van der Waals surface area contributed by atoms with E-state index in [4.69, 9.17) is 10.5 Å². The fourth-order valence-electron chi connectivity index (χ4n) is 0.936. The molecule has 74 valence electrons. The van der Waals surface area contributed by atoms with Crippen LogP contribution in [0.1, 0.15) is 13.8 Å². The van der Waals surface area contributed by atoms with E-state index in [1.165, 1.54) is 11.5 Å². The summed E-state index contributed by atoms with van der Waals surface area (Å²) in [5.74, 6) is 1.15. The summed E-state index contributed by atoms with van der Waals surface area (Å²) in [5.41, 5.74) is 5.64. The lowest BCUT2D eigenvalue weighted by Crippen LogP contribution is -2.25. The van der Waals surface area contributed by atoms with Crippen LogP contribution in [0.4, 0.5) is 10.8 Å². The number of nitrogen functional groups attached to an aromatic ring is 1. The van der Waals surface area contributed by atoms with Gasteiger partial charge in [0, 0.05) is 13.1 Å². The maximum absolute atomic E-state index is 5.64. The summed E-state index contributed by atoms with van der Waals surface area (Å²) in [4.78, 5) is 2.09. The van der Waals surface area contributed by atoms with Gasteiger partial charge in [0.1, 0.15) is 0 Å². The monoisotopic (exact) mass is 201 g/mol. The molecule has 0 fully saturated rings. The van der Waals surface area contributed by atoms with Crippen molar-refractivity contribution in [3.05, 3.63) is 0 Å². The molecule has 1 heterocycles. The van der Waals surface area contributed by atoms with Crippen molar-refractivity contribution in [1.29, 1.82) is 0 Å². The molecule has 0 aliphatic rings. The molecule has 0 saturated carbocycles. The van der Waals surface area contributed by atoms with Gasteiger partial charge in [0.05, 0.1) is 7.11 Å². The Morgan fingerprint density at radius 3 is 2.62 bits per heavy atom. The molecule has 0 spiro atoms. The van der Waals surface area contributed by atoms with Crippen LogP contribution in [0.2, 0.25) is 0 Å². The van der Waals surface area contributed by atoms with Gasteiger partial charge in [-0.05, 0) is 25.4 Å². The van der Waals surface area contributed by atoms with Crippen molar-refractivity contribution in [3.8, 4) is 5.75 Å². The Hall–Kier alpha value is -0.970. The van der Waals surface area contributed by atoms with Gasteiger partial charge >= 0.3 is 0 Å². The van der Waals surface area contributed by atoms with Gasteiger partial charge in [0.25, 0.3) is 0 Å². The van der Waals surface area contributed by atoms with E-state index in [1.807, 2.05) is 7.05 Å². The van der Waals surface area contributed by atoms with Crippen LogP contribution in [0.5, 0.6) is 5.75 Å². The molecular formula is C8H15N3OS. The fraction of sp³-hybridized carbons (Fsp3) is 0.625. The number of hydrogen-bond donors (Lipinski definition) is 1. The van der Waals surface area contributed by atoms with Crippen LogP contribution in [0, 0.1) is 0 Å². The fourth-order valence-corrected chi connectivity index (χ4v) is 1.81. The second kappa shape index (κ2) is 3.83. The zero-order chi connectivity index (χ0) is 10.0. The minimum Gasteiger partial charge on any atom is -0.490 e. The van der Waals surface area contributed by atoms with E-state index in [1.54, 1.807) is 7.11 Å². The summed E-state index contributed by atoms with van der Waals surface area (Å²) in [7, 11) is 3.61. The number of nitrogens with zero attached hydrogens (tertiary/aromatic N) is 2. The lowest BCUT2D eigenvalue weighted by molar-refractivity contribution is 0.417. The van der Waals surface area contributed by atoms with Crippen molar-refractivity contribution in [2.24, 2.45) is 0 Å². The normalized spacial score (nSPS) is 10.5. The third-order valence-electron chi connectivity index (χ3n) is 1.96. The Bertz CT molecular complexity index is 285. The van der Waals surface area contributed by atoms with Crippen molar-refractivity contribution >= 4 is 22.4 Å². The molecular weight excluding hydrogens is 186 g/mol. The van der Waals surface area contributed by atoms with Gasteiger partial charge in [-0.3, -0.25) is 0 Å². The molecule has 0 radical (unpaired) electrons. The molecule has 1 aromatic rings. The first kappa shape index (κ1) is 10.1. The highest BCUT2D eigenvalue weighted by Gasteiger charge is 2.17. The Balaban J connectivity index is 3.00. The minimum atomic E-state index is 0.411. The zero-order valence-corrected chi connectivity index (χ0v) is 9.18. The molecule has 0 aromatic carbocycles. The summed E-state index contributed by atoms with van der Waals surface area (Å²) in [6.07, 6.45) is 0. The second-order valence-electron chi connectivity index (χ2n) is 3.11. The Morgan fingerprint density at radius 2 is 2.15 bits per heavy atom. The van der Waals surface area contributed by atoms with Crippen LogP contribution in [-0.4, -0.2) is 24.6 Å². The molecule has 1 rings (SSSR count). The molecule has 0 aliphatic carbocycles. The largest absolute Gasteiger partial charge is 0.490 e. The average Bonchev–Trinajstić information content (AvgIpc) is 2.45. The smallest absolute Gasteiger partial charge is 0.197 e. The molecule has 13 heavy (non-hydrogen) atoms. The standard InChI is InChI=1S/C8H15N3OS/c1-5(2)11(3)8-6(12-4)7(9)10-13-8/h5H,1-4H3,(H2,9,10). The topological polar surface area (TPSA) is 51.4 Å². The number of ether oxygens (including phenoxy) is 1. The highest BCUT2D eigenvalue weighted by atomic mass is 32.1. The molecule has 0 amide bonds. The summed E-state index contributed by atoms with van der Waals surface area (Å²) in [6.45, 7) is 4.21. The highest BCUT2D eigenvalue weighted by Crippen LogP contribution is 2.37.